The Morgan fingerprint density at radius 1 is 1.14 bits per heavy atom. The van der Waals surface area contributed by atoms with Gasteiger partial charge in [0.1, 0.15) is 5.82 Å². The maximum Gasteiger partial charge on any atom is 0.225 e. The second-order valence-electron chi connectivity index (χ2n) is 9.08. The van der Waals surface area contributed by atoms with Crippen molar-refractivity contribution in [2.75, 3.05) is 30.3 Å². The molecule has 3 N–H and O–H groups in total. The van der Waals surface area contributed by atoms with E-state index in [0.29, 0.717) is 6.04 Å². The van der Waals surface area contributed by atoms with E-state index in [2.05, 4.69) is 47.1 Å². The van der Waals surface area contributed by atoms with Crippen LogP contribution < -0.4 is 16.0 Å². The van der Waals surface area contributed by atoms with Crippen LogP contribution in [-0.4, -0.2) is 35.6 Å². The average Bonchev–Trinajstić information content (AvgIpc) is 3.48. The molecule has 0 bridgehead atoms. The molecule has 1 aromatic heterocycles. The molecule has 0 amide bonds. The number of benzene rings is 1. The Hall–Kier alpha value is -2.14. The largest absolute Gasteiger partial charge is 0.367 e. The van der Waals surface area contributed by atoms with Gasteiger partial charge in [0.25, 0.3) is 0 Å². The maximum absolute atomic E-state index is 5.02. The SMILES string of the molecule is C[C@@H](Nc1nc(NCC2CCCC2)nc2c(C3=CCNCC3)cccc12)C1CC1. The van der Waals surface area contributed by atoms with Crippen molar-refractivity contribution in [2.24, 2.45) is 11.8 Å². The van der Waals surface area contributed by atoms with Crippen molar-refractivity contribution in [3.05, 3.63) is 29.8 Å². The van der Waals surface area contributed by atoms with Crippen molar-refractivity contribution in [1.82, 2.24) is 15.3 Å². The molecule has 2 fully saturated rings. The molecule has 0 unspecified atom stereocenters. The fourth-order valence-corrected chi connectivity index (χ4v) is 4.85. The van der Waals surface area contributed by atoms with E-state index in [0.717, 1.165) is 60.6 Å². The van der Waals surface area contributed by atoms with Crippen LogP contribution in [0.15, 0.2) is 24.3 Å². The molecule has 29 heavy (non-hydrogen) atoms. The van der Waals surface area contributed by atoms with Crippen LogP contribution in [-0.2, 0) is 0 Å². The number of anilines is 2. The van der Waals surface area contributed by atoms with Gasteiger partial charge < -0.3 is 16.0 Å². The lowest BCUT2D eigenvalue weighted by Crippen LogP contribution is -2.21. The van der Waals surface area contributed by atoms with Crippen molar-refractivity contribution < 1.29 is 0 Å². The summed E-state index contributed by atoms with van der Waals surface area (Å²) < 4.78 is 0. The molecule has 3 aliphatic rings. The first-order chi connectivity index (χ1) is 14.3. The smallest absolute Gasteiger partial charge is 0.225 e. The van der Waals surface area contributed by atoms with E-state index in [1.807, 2.05) is 0 Å². The highest BCUT2D eigenvalue weighted by molar-refractivity contribution is 5.97. The summed E-state index contributed by atoms with van der Waals surface area (Å²) in [5, 5.41) is 11.9. The minimum absolute atomic E-state index is 0.456. The number of fused-ring (bicyclic) bond motifs is 1. The average molecular weight is 392 g/mol. The lowest BCUT2D eigenvalue weighted by Gasteiger charge is -2.20. The quantitative estimate of drug-likeness (QED) is 0.632. The van der Waals surface area contributed by atoms with Crippen molar-refractivity contribution in [3.8, 4) is 0 Å². The van der Waals surface area contributed by atoms with Crippen LogP contribution in [0.1, 0.15) is 57.4 Å². The minimum atomic E-state index is 0.456. The molecule has 5 rings (SSSR count). The Morgan fingerprint density at radius 3 is 2.76 bits per heavy atom. The molecule has 0 spiro atoms. The molecule has 1 aromatic carbocycles. The van der Waals surface area contributed by atoms with E-state index in [9.17, 15) is 0 Å². The molecule has 5 nitrogen and oxygen atoms in total. The summed E-state index contributed by atoms with van der Waals surface area (Å²) in [4.78, 5) is 9.95. The molecule has 5 heteroatoms. The molecule has 2 saturated carbocycles. The van der Waals surface area contributed by atoms with E-state index in [1.165, 1.54) is 49.7 Å². The minimum Gasteiger partial charge on any atom is -0.367 e. The number of aromatic nitrogens is 2. The predicted molar refractivity (Wildman–Crippen MR) is 121 cm³/mol. The number of nitrogens with zero attached hydrogens (tertiary/aromatic N) is 2. The van der Waals surface area contributed by atoms with E-state index in [-0.39, 0.29) is 0 Å². The van der Waals surface area contributed by atoms with Crippen LogP contribution in [0, 0.1) is 11.8 Å². The topological polar surface area (TPSA) is 61.9 Å². The van der Waals surface area contributed by atoms with Gasteiger partial charge in [0.15, 0.2) is 0 Å². The fourth-order valence-electron chi connectivity index (χ4n) is 4.85. The molecule has 1 aliphatic heterocycles. The van der Waals surface area contributed by atoms with E-state index in [1.54, 1.807) is 0 Å². The number of rotatable bonds is 7. The standard InChI is InChI=1S/C24H33N5/c1-16(18-9-10-18)27-23-21-8-4-7-20(19-11-13-25-14-12-19)22(21)28-24(29-23)26-15-17-5-2-3-6-17/h4,7-8,11,16-18,25H,2-3,5-6,9-10,12-15H2,1H3,(H2,26,27,28,29)/t16-/m1/s1. The van der Waals surface area contributed by atoms with E-state index in [4.69, 9.17) is 9.97 Å². The Balaban J connectivity index is 1.51. The molecule has 2 aromatic rings. The summed E-state index contributed by atoms with van der Waals surface area (Å²) >= 11 is 0. The molecule has 2 heterocycles. The van der Waals surface area contributed by atoms with Gasteiger partial charge in [-0.05, 0) is 69.0 Å². The van der Waals surface area contributed by atoms with E-state index < -0.39 is 0 Å². The van der Waals surface area contributed by atoms with Crippen LogP contribution in [0.3, 0.4) is 0 Å². The van der Waals surface area contributed by atoms with Gasteiger partial charge in [-0.25, -0.2) is 4.98 Å². The second-order valence-corrected chi connectivity index (χ2v) is 9.08. The fraction of sp³-hybridized carbons (Fsp3) is 0.583. The summed E-state index contributed by atoms with van der Waals surface area (Å²) in [7, 11) is 0. The number of hydrogen-bond acceptors (Lipinski definition) is 5. The van der Waals surface area contributed by atoms with Crippen LogP contribution in [0.4, 0.5) is 11.8 Å². The lowest BCUT2D eigenvalue weighted by atomic mass is 9.97. The highest BCUT2D eigenvalue weighted by Crippen LogP contribution is 2.36. The summed E-state index contributed by atoms with van der Waals surface area (Å²) in [5.41, 5.74) is 3.74. The van der Waals surface area contributed by atoms with Gasteiger partial charge in [-0.2, -0.15) is 4.98 Å². The maximum atomic E-state index is 5.02. The van der Waals surface area contributed by atoms with Gasteiger partial charge in [-0.15, -0.1) is 0 Å². The van der Waals surface area contributed by atoms with Crippen LogP contribution in [0.25, 0.3) is 16.5 Å². The zero-order chi connectivity index (χ0) is 19.6. The summed E-state index contributed by atoms with van der Waals surface area (Å²) in [5.74, 6) is 3.31. The van der Waals surface area contributed by atoms with Gasteiger partial charge in [0, 0.05) is 30.1 Å². The number of nitrogens with one attached hydrogen (secondary N) is 3. The molecular formula is C24H33N5. The number of hydrogen-bond donors (Lipinski definition) is 3. The first-order valence-corrected chi connectivity index (χ1v) is 11.5. The monoisotopic (exact) mass is 391 g/mol. The van der Waals surface area contributed by atoms with Gasteiger partial charge in [-0.1, -0.05) is 31.1 Å². The van der Waals surface area contributed by atoms with E-state index >= 15 is 0 Å². The molecule has 154 valence electrons. The molecular weight excluding hydrogens is 358 g/mol. The van der Waals surface area contributed by atoms with Gasteiger partial charge in [-0.3, -0.25) is 0 Å². The Bertz CT molecular complexity index is 896. The van der Waals surface area contributed by atoms with Crippen molar-refractivity contribution in [2.45, 2.75) is 57.9 Å². The molecule has 1 atom stereocenters. The third kappa shape index (κ3) is 4.25. The first-order valence-electron chi connectivity index (χ1n) is 11.5. The summed E-state index contributed by atoms with van der Waals surface area (Å²) in [6, 6.07) is 7.00. The lowest BCUT2D eigenvalue weighted by molar-refractivity contribution is 0.578. The molecule has 0 saturated heterocycles. The Kier molecular flexibility index (Phi) is 5.40. The highest BCUT2D eigenvalue weighted by atomic mass is 15.2. The third-order valence-electron chi connectivity index (χ3n) is 6.85. The number of para-hydroxylation sites is 1. The van der Waals surface area contributed by atoms with Crippen LogP contribution in [0.5, 0.6) is 0 Å². The van der Waals surface area contributed by atoms with Crippen LogP contribution >= 0.6 is 0 Å². The van der Waals surface area contributed by atoms with Gasteiger partial charge in [0.2, 0.25) is 5.95 Å². The molecule has 0 radical (unpaired) electrons. The first kappa shape index (κ1) is 18.9. The highest BCUT2D eigenvalue weighted by Gasteiger charge is 2.28. The van der Waals surface area contributed by atoms with Gasteiger partial charge >= 0.3 is 0 Å². The zero-order valence-corrected chi connectivity index (χ0v) is 17.5. The predicted octanol–water partition coefficient (Wildman–Crippen LogP) is 4.82. The summed E-state index contributed by atoms with van der Waals surface area (Å²) in [6.45, 7) is 5.24. The van der Waals surface area contributed by atoms with Crippen LogP contribution in [0.2, 0.25) is 0 Å². The summed E-state index contributed by atoms with van der Waals surface area (Å²) in [6.07, 6.45) is 11.4. The van der Waals surface area contributed by atoms with Crippen molar-refractivity contribution in [1.29, 1.82) is 0 Å². The second kappa shape index (κ2) is 8.31. The van der Waals surface area contributed by atoms with Crippen molar-refractivity contribution in [3.63, 3.8) is 0 Å². The third-order valence-corrected chi connectivity index (χ3v) is 6.85. The normalized spacial score (nSPS) is 21.2. The Morgan fingerprint density at radius 2 is 2.00 bits per heavy atom. The zero-order valence-electron chi connectivity index (χ0n) is 17.5. The molecule has 2 aliphatic carbocycles. The van der Waals surface area contributed by atoms with Crippen molar-refractivity contribution >= 4 is 28.2 Å². The Labute approximate surface area is 173 Å². The van der Waals surface area contributed by atoms with Gasteiger partial charge in [0.05, 0.1) is 5.52 Å².